The summed E-state index contributed by atoms with van der Waals surface area (Å²) in [5, 5.41) is 18.9. The minimum absolute atomic E-state index is 0.264. The van der Waals surface area contributed by atoms with Gasteiger partial charge < -0.3 is 9.84 Å². The number of hydrogen-bond acceptors (Lipinski definition) is 6. The Morgan fingerprint density at radius 2 is 2.07 bits per heavy atom. The van der Waals surface area contributed by atoms with Crippen molar-refractivity contribution in [3.05, 3.63) is 67.0 Å². The van der Waals surface area contributed by atoms with Crippen molar-refractivity contribution in [1.29, 1.82) is 0 Å². The molecule has 152 valence electrons. The van der Waals surface area contributed by atoms with Crippen LogP contribution in [-0.4, -0.2) is 42.4 Å². The molecule has 1 aliphatic heterocycles. The van der Waals surface area contributed by atoms with E-state index in [2.05, 4.69) is 15.3 Å². The standard InChI is InChI=1S/C18H17Cl2N5O4/c1-9-6-24(18(28)21-17(9)27)16-5-14(15(8-26)29-16)25-7-13(22-23-25)10-2-3-11(19)12(20)4-10/h2-4,6-7,14-16,26H,5,8H2,1H3,(H,21,27,28)/t14-,15?,16+/m0/s1. The number of aromatic amines is 1. The van der Waals surface area contributed by atoms with Crippen LogP contribution in [0.25, 0.3) is 11.3 Å². The summed E-state index contributed by atoms with van der Waals surface area (Å²) in [5.41, 5.74) is 0.704. The number of nitrogens with one attached hydrogen (secondary N) is 1. The van der Waals surface area contributed by atoms with E-state index in [0.717, 1.165) is 5.56 Å². The summed E-state index contributed by atoms with van der Waals surface area (Å²) in [4.78, 5) is 26.0. The van der Waals surface area contributed by atoms with Gasteiger partial charge in [-0.1, -0.05) is 34.5 Å². The SMILES string of the molecule is Cc1cn([C@H]2C[C@H](n3cc(-c4ccc(Cl)c(Cl)c4)nn3)C(CO)O2)c(=O)[nH]c1=O. The molecule has 3 heterocycles. The molecule has 1 aromatic carbocycles. The molecule has 11 heteroatoms. The molecule has 0 spiro atoms. The van der Waals surface area contributed by atoms with Crippen LogP contribution in [0.2, 0.25) is 10.0 Å². The molecule has 2 aromatic heterocycles. The first-order chi connectivity index (χ1) is 13.9. The summed E-state index contributed by atoms with van der Waals surface area (Å²) in [6.07, 6.45) is 2.28. The Labute approximate surface area is 174 Å². The molecular weight excluding hydrogens is 421 g/mol. The Morgan fingerprint density at radius 1 is 1.28 bits per heavy atom. The molecule has 1 aliphatic rings. The van der Waals surface area contributed by atoms with Crippen molar-refractivity contribution >= 4 is 23.2 Å². The minimum Gasteiger partial charge on any atom is -0.394 e. The summed E-state index contributed by atoms with van der Waals surface area (Å²) in [6.45, 7) is 1.34. The number of H-pyrrole nitrogens is 1. The predicted molar refractivity (Wildman–Crippen MR) is 106 cm³/mol. The van der Waals surface area contributed by atoms with E-state index in [9.17, 15) is 14.7 Å². The van der Waals surface area contributed by atoms with Crippen molar-refractivity contribution in [3.63, 3.8) is 0 Å². The zero-order chi connectivity index (χ0) is 20.7. The van der Waals surface area contributed by atoms with Crippen LogP contribution in [0.15, 0.2) is 40.2 Å². The second kappa shape index (κ2) is 7.75. The highest BCUT2D eigenvalue weighted by atomic mass is 35.5. The highest BCUT2D eigenvalue weighted by Crippen LogP contribution is 2.36. The van der Waals surface area contributed by atoms with Gasteiger partial charge in [0, 0.05) is 23.7 Å². The van der Waals surface area contributed by atoms with Crippen molar-refractivity contribution in [1.82, 2.24) is 24.5 Å². The second-order valence-electron chi connectivity index (χ2n) is 6.81. The number of aryl methyl sites for hydroxylation is 1. The Kier molecular flexibility index (Phi) is 5.30. The molecule has 3 aromatic rings. The van der Waals surface area contributed by atoms with Gasteiger partial charge >= 0.3 is 5.69 Å². The number of benzene rings is 1. The van der Waals surface area contributed by atoms with Crippen molar-refractivity contribution in [2.45, 2.75) is 31.7 Å². The third kappa shape index (κ3) is 3.74. The van der Waals surface area contributed by atoms with Gasteiger partial charge in [-0.25, -0.2) is 9.48 Å². The summed E-state index contributed by atoms with van der Waals surface area (Å²) >= 11 is 12.0. The summed E-state index contributed by atoms with van der Waals surface area (Å²) in [6, 6.07) is 4.79. The van der Waals surface area contributed by atoms with Crippen LogP contribution in [-0.2, 0) is 4.74 Å². The number of halogens is 2. The third-order valence-corrected chi connectivity index (χ3v) is 5.64. The highest BCUT2D eigenvalue weighted by Gasteiger charge is 2.38. The van der Waals surface area contributed by atoms with Gasteiger partial charge in [-0.2, -0.15) is 0 Å². The first-order valence-corrected chi connectivity index (χ1v) is 9.58. The first-order valence-electron chi connectivity index (χ1n) is 8.83. The third-order valence-electron chi connectivity index (χ3n) is 4.91. The van der Waals surface area contributed by atoms with Crippen LogP contribution < -0.4 is 11.2 Å². The Morgan fingerprint density at radius 3 is 2.79 bits per heavy atom. The lowest BCUT2D eigenvalue weighted by Crippen LogP contribution is -2.33. The maximum atomic E-state index is 12.2. The van der Waals surface area contributed by atoms with Crippen LogP contribution in [0.4, 0.5) is 0 Å². The monoisotopic (exact) mass is 437 g/mol. The van der Waals surface area contributed by atoms with Crippen molar-refractivity contribution in [2.75, 3.05) is 6.61 Å². The molecule has 0 aliphatic carbocycles. The van der Waals surface area contributed by atoms with E-state index in [1.807, 2.05) is 0 Å². The van der Waals surface area contributed by atoms with Crippen molar-refractivity contribution < 1.29 is 9.84 Å². The number of rotatable bonds is 4. The van der Waals surface area contributed by atoms with Crippen LogP contribution in [0.3, 0.4) is 0 Å². The van der Waals surface area contributed by atoms with Gasteiger partial charge in [-0.05, 0) is 19.1 Å². The number of aliphatic hydroxyl groups excluding tert-OH is 1. The molecule has 0 saturated carbocycles. The molecule has 0 radical (unpaired) electrons. The van der Waals surface area contributed by atoms with E-state index in [-0.39, 0.29) is 12.6 Å². The normalized spacial score (nSPS) is 21.6. The lowest BCUT2D eigenvalue weighted by atomic mass is 10.1. The second-order valence-corrected chi connectivity index (χ2v) is 7.62. The van der Waals surface area contributed by atoms with Crippen molar-refractivity contribution in [2.24, 2.45) is 0 Å². The van der Waals surface area contributed by atoms with Gasteiger partial charge in [0.05, 0.1) is 28.9 Å². The zero-order valence-corrected chi connectivity index (χ0v) is 16.8. The van der Waals surface area contributed by atoms with Gasteiger partial charge in [-0.15, -0.1) is 5.10 Å². The van der Waals surface area contributed by atoms with Gasteiger partial charge in [0.1, 0.15) is 18.0 Å². The zero-order valence-electron chi connectivity index (χ0n) is 15.2. The molecule has 0 amide bonds. The number of ether oxygens (including phenoxy) is 1. The maximum absolute atomic E-state index is 12.2. The average Bonchev–Trinajstić information content (AvgIpc) is 3.33. The molecular formula is C18H17Cl2N5O4. The van der Waals surface area contributed by atoms with Gasteiger partial charge in [-0.3, -0.25) is 14.3 Å². The summed E-state index contributed by atoms with van der Waals surface area (Å²) in [5.74, 6) is 0. The van der Waals surface area contributed by atoms with Crippen LogP contribution >= 0.6 is 23.2 Å². The highest BCUT2D eigenvalue weighted by molar-refractivity contribution is 6.42. The molecule has 2 N–H and O–H groups in total. The minimum atomic E-state index is -0.655. The number of nitrogens with zero attached hydrogens (tertiary/aromatic N) is 4. The molecule has 1 unspecified atom stereocenters. The number of aromatic nitrogens is 5. The van der Waals surface area contributed by atoms with E-state index >= 15 is 0 Å². The van der Waals surface area contributed by atoms with Crippen LogP contribution in [0, 0.1) is 6.92 Å². The van der Waals surface area contributed by atoms with Gasteiger partial charge in [0.2, 0.25) is 0 Å². The van der Waals surface area contributed by atoms with E-state index in [4.69, 9.17) is 27.9 Å². The fourth-order valence-electron chi connectivity index (χ4n) is 3.36. The maximum Gasteiger partial charge on any atom is 0.330 e. The topological polar surface area (TPSA) is 115 Å². The van der Waals surface area contributed by atoms with E-state index in [1.165, 1.54) is 10.8 Å². The molecule has 1 saturated heterocycles. The van der Waals surface area contributed by atoms with Gasteiger partial charge in [0.15, 0.2) is 0 Å². The molecule has 3 atom stereocenters. The Hall–Kier alpha value is -2.46. The predicted octanol–water partition coefficient (Wildman–Crippen LogP) is 1.93. The number of hydrogen-bond donors (Lipinski definition) is 2. The van der Waals surface area contributed by atoms with Crippen molar-refractivity contribution in [3.8, 4) is 11.3 Å². The largest absolute Gasteiger partial charge is 0.394 e. The van der Waals surface area contributed by atoms with E-state index in [0.29, 0.717) is 27.7 Å². The Balaban J connectivity index is 1.63. The van der Waals surface area contributed by atoms with E-state index < -0.39 is 23.6 Å². The molecule has 9 nitrogen and oxygen atoms in total. The molecule has 29 heavy (non-hydrogen) atoms. The fraction of sp³-hybridized carbons (Fsp3) is 0.333. The smallest absolute Gasteiger partial charge is 0.330 e. The van der Waals surface area contributed by atoms with Crippen LogP contribution in [0.1, 0.15) is 24.3 Å². The lowest BCUT2D eigenvalue weighted by Gasteiger charge is -2.15. The number of aliphatic hydroxyl groups is 1. The van der Waals surface area contributed by atoms with E-state index in [1.54, 1.807) is 36.0 Å². The molecule has 1 fully saturated rings. The van der Waals surface area contributed by atoms with Gasteiger partial charge in [0.25, 0.3) is 5.56 Å². The summed E-state index contributed by atoms with van der Waals surface area (Å²) < 4.78 is 8.77. The molecule has 0 bridgehead atoms. The fourth-order valence-corrected chi connectivity index (χ4v) is 3.65. The Bertz CT molecular complexity index is 1170. The quantitative estimate of drug-likeness (QED) is 0.644. The van der Waals surface area contributed by atoms with Crippen LogP contribution in [0.5, 0.6) is 0 Å². The summed E-state index contributed by atoms with van der Waals surface area (Å²) in [7, 11) is 0. The first kappa shape index (κ1) is 19.8. The lowest BCUT2D eigenvalue weighted by molar-refractivity contribution is -0.0323. The average molecular weight is 438 g/mol. The molecule has 4 rings (SSSR count).